The van der Waals surface area contributed by atoms with Crippen molar-refractivity contribution in [3.8, 4) is 16.4 Å². The number of carboxylic acid groups (broad SMARTS) is 1. The van der Waals surface area contributed by atoms with Crippen LogP contribution in [0.1, 0.15) is 59.6 Å². The Morgan fingerprint density at radius 2 is 1.98 bits per heavy atom. The minimum Gasteiger partial charge on any atom is -0.476 e. The first-order valence-electron chi connectivity index (χ1n) is 12.8. The summed E-state index contributed by atoms with van der Waals surface area (Å²) in [6, 6.07) is 9.32. The van der Waals surface area contributed by atoms with Crippen LogP contribution in [-0.4, -0.2) is 36.3 Å². The van der Waals surface area contributed by atoms with Gasteiger partial charge in [-0.1, -0.05) is 12.1 Å². The minimum absolute atomic E-state index is 0.0145. The molecule has 1 saturated carbocycles. The number of aromatic carboxylic acids is 1. The number of thiol groups is 1. The standard InChI is InChI=1S/C29H30F2N4O3S2/c1-4-16(2)20-14-19(8-9-22(20)30)27-21(11-18-7-10-26(23(31)12-18)40(3,32)38)25(13-17-5-6-17)35(34-27)29-33-24(15-39-29)28(36)37/h4,7-10,12,14-15,17,40H,5-6,11,13H2,1-3H3,(H2,32,38)(H,36,37)/b16-4+. The second kappa shape index (κ2) is 10.8. The Balaban J connectivity index is 1.71. The van der Waals surface area contributed by atoms with Crippen molar-refractivity contribution in [2.75, 3.05) is 6.26 Å². The molecule has 11 heteroatoms. The number of carboxylic acids is 1. The Kier molecular flexibility index (Phi) is 7.56. The number of rotatable bonds is 9. The van der Waals surface area contributed by atoms with E-state index >= 15 is 0 Å². The number of thiazole rings is 1. The molecule has 7 nitrogen and oxygen atoms in total. The molecule has 3 N–H and O–H groups in total. The van der Waals surface area contributed by atoms with Gasteiger partial charge in [-0.3, -0.25) is 9.35 Å². The molecule has 0 spiro atoms. The summed E-state index contributed by atoms with van der Waals surface area (Å²) in [5, 5.41) is 21.9. The van der Waals surface area contributed by atoms with Crippen LogP contribution in [0, 0.1) is 17.6 Å². The number of allylic oxidation sites excluding steroid dienone is 2. The number of hydrogen-bond acceptors (Lipinski definition) is 5. The van der Waals surface area contributed by atoms with E-state index in [1.165, 1.54) is 41.2 Å². The summed E-state index contributed by atoms with van der Waals surface area (Å²) >= 11 is 1.17. The summed E-state index contributed by atoms with van der Waals surface area (Å²) in [7, 11) is -3.29. The summed E-state index contributed by atoms with van der Waals surface area (Å²) < 4.78 is 43.7. The molecule has 210 valence electrons. The smallest absolute Gasteiger partial charge is 0.355 e. The molecule has 40 heavy (non-hydrogen) atoms. The first-order valence-corrected chi connectivity index (χ1v) is 15.9. The lowest BCUT2D eigenvalue weighted by atomic mass is 9.95. The highest BCUT2D eigenvalue weighted by Crippen LogP contribution is 2.39. The van der Waals surface area contributed by atoms with Gasteiger partial charge in [-0.05, 0) is 90.6 Å². The van der Waals surface area contributed by atoms with Crippen molar-refractivity contribution >= 4 is 33.0 Å². The van der Waals surface area contributed by atoms with Crippen LogP contribution in [0.5, 0.6) is 0 Å². The average molecular weight is 585 g/mol. The van der Waals surface area contributed by atoms with Crippen LogP contribution in [0.15, 0.2) is 52.7 Å². The number of halogens is 2. The summed E-state index contributed by atoms with van der Waals surface area (Å²) in [5.41, 5.74) is 4.69. The first kappa shape index (κ1) is 28.0. The van der Waals surface area contributed by atoms with Gasteiger partial charge >= 0.3 is 5.97 Å². The lowest BCUT2D eigenvalue weighted by molar-refractivity contribution is 0.0691. The van der Waals surface area contributed by atoms with Crippen molar-refractivity contribution in [1.82, 2.24) is 14.8 Å². The van der Waals surface area contributed by atoms with E-state index in [4.69, 9.17) is 10.2 Å². The third-order valence-electron chi connectivity index (χ3n) is 7.13. The Labute approximate surface area is 235 Å². The van der Waals surface area contributed by atoms with Gasteiger partial charge in [-0.25, -0.2) is 23.2 Å². The molecule has 5 rings (SSSR count). The number of nitrogens with two attached hydrogens (primary N) is 1. The van der Waals surface area contributed by atoms with E-state index < -0.39 is 21.9 Å². The SMILES string of the molecule is C/C=C(\C)c1cc(-c2nn(-c3nc(C(=O)O)cs3)c(CC3CC3)c2Cc2ccc([SH](C)(N)=O)c(F)c2)ccc1F. The second-order valence-electron chi connectivity index (χ2n) is 10.3. The molecule has 0 unspecified atom stereocenters. The fourth-order valence-corrected chi connectivity index (χ4v) is 6.31. The summed E-state index contributed by atoms with van der Waals surface area (Å²) in [6.07, 6.45) is 6.24. The predicted octanol–water partition coefficient (Wildman–Crippen LogP) is 5.82. The van der Waals surface area contributed by atoms with E-state index in [-0.39, 0.29) is 16.4 Å². The third kappa shape index (κ3) is 5.67. The van der Waals surface area contributed by atoms with Gasteiger partial charge in [0.1, 0.15) is 11.6 Å². The maximum Gasteiger partial charge on any atom is 0.355 e. The number of benzene rings is 2. The number of nitrogens with zero attached hydrogens (tertiary/aromatic N) is 3. The molecule has 0 amide bonds. The fraction of sp³-hybridized carbons (Fsp3) is 0.276. The van der Waals surface area contributed by atoms with E-state index in [1.54, 1.807) is 22.9 Å². The molecule has 2 aromatic heterocycles. The summed E-state index contributed by atoms with van der Waals surface area (Å²) in [4.78, 5) is 15.8. The Morgan fingerprint density at radius 3 is 2.58 bits per heavy atom. The van der Waals surface area contributed by atoms with E-state index in [0.29, 0.717) is 46.3 Å². The number of hydrogen-bond donors (Lipinski definition) is 3. The van der Waals surface area contributed by atoms with Crippen LogP contribution in [0.3, 0.4) is 0 Å². The molecule has 0 saturated heterocycles. The Morgan fingerprint density at radius 1 is 1.23 bits per heavy atom. The zero-order valence-electron chi connectivity index (χ0n) is 22.3. The maximum absolute atomic E-state index is 15.0. The van der Waals surface area contributed by atoms with Gasteiger partial charge in [-0.15, -0.1) is 11.3 Å². The average Bonchev–Trinajstić information content (AvgIpc) is 3.46. The highest BCUT2D eigenvalue weighted by atomic mass is 32.3. The molecular formula is C29H30F2N4O3S2. The zero-order valence-corrected chi connectivity index (χ0v) is 24.0. The molecule has 1 aliphatic rings. The largest absolute Gasteiger partial charge is 0.476 e. The van der Waals surface area contributed by atoms with E-state index in [0.717, 1.165) is 29.7 Å². The molecule has 0 aliphatic heterocycles. The van der Waals surface area contributed by atoms with Crippen LogP contribution >= 0.6 is 11.3 Å². The highest BCUT2D eigenvalue weighted by molar-refractivity contribution is 8.00. The van der Waals surface area contributed by atoms with Gasteiger partial charge < -0.3 is 5.11 Å². The third-order valence-corrected chi connectivity index (χ3v) is 9.27. The van der Waals surface area contributed by atoms with Crippen LogP contribution < -0.4 is 5.14 Å². The van der Waals surface area contributed by atoms with Crippen molar-refractivity contribution in [1.29, 1.82) is 0 Å². The van der Waals surface area contributed by atoms with Crippen LogP contribution in [-0.2, 0) is 23.0 Å². The van der Waals surface area contributed by atoms with E-state index in [9.17, 15) is 22.9 Å². The molecule has 0 radical (unpaired) electrons. The molecule has 1 aliphatic carbocycles. The van der Waals surface area contributed by atoms with Crippen LogP contribution in [0.4, 0.5) is 8.78 Å². The van der Waals surface area contributed by atoms with E-state index in [1.807, 2.05) is 19.9 Å². The van der Waals surface area contributed by atoms with Gasteiger partial charge in [0.15, 0.2) is 5.69 Å². The van der Waals surface area contributed by atoms with Crippen molar-refractivity contribution in [3.63, 3.8) is 0 Å². The van der Waals surface area contributed by atoms with Gasteiger partial charge in [0, 0.05) is 34.7 Å². The second-order valence-corrected chi connectivity index (χ2v) is 13.6. The van der Waals surface area contributed by atoms with E-state index in [2.05, 4.69) is 4.98 Å². The maximum atomic E-state index is 15.0. The van der Waals surface area contributed by atoms with Crippen molar-refractivity contribution in [2.45, 2.75) is 44.4 Å². The topological polar surface area (TPSA) is 111 Å². The Bertz CT molecular complexity index is 1700. The zero-order chi connectivity index (χ0) is 28.8. The molecule has 2 heterocycles. The van der Waals surface area contributed by atoms with Crippen molar-refractivity contribution in [2.24, 2.45) is 11.1 Å². The van der Waals surface area contributed by atoms with Crippen molar-refractivity contribution in [3.05, 3.63) is 87.6 Å². The molecule has 0 bridgehead atoms. The van der Waals surface area contributed by atoms with Gasteiger partial charge in [0.2, 0.25) is 5.13 Å². The van der Waals surface area contributed by atoms with Crippen molar-refractivity contribution < 1.29 is 22.9 Å². The molecular weight excluding hydrogens is 554 g/mol. The number of aromatic nitrogens is 3. The lowest BCUT2D eigenvalue weighted by Crippen LogP contribution is -2.22. The molecule has 1 fully saturated rings. The summed E-state index contributed by atoms with van der Waals surface area (Å²) in [6.45, 7) is 3.67. The first-order chi connectivity index (χ1) is 19.0. The normalized spacial score (nSPS) is 14.5. The lowest BCUT2D eigenvalue weighted by Gasteiger charge is -2.15. The minimum atomic E-state index is -3.29. The van der Waals surface area contributed by atoms with Gasteiger partial charge in [0.05, 0.1) is 16.3 Å². The molecule has 2 aromatic carbocycles. The predicted molar refractivity (Wildman–Crippen MR) is 154 cm³/mol. The molecule has 0 atom stereocenters. The monoisotopic (exact) mass is 584 g/mol. The van der Waals surface area contributed by atoms with Crippen LogP contribution in [0.2, 0.25) is 0 Å². The quantitative estimate of drug-likeness (QED) is 0.215. The van der Waals surface area contributed by atoms with Gasteiger partial charge in [-0.2, -0.15) is 5.10 Å². The number of carbonyl (C=O) groups is 1. The molecule has 4 aromatic rings. The highest BCUT2D eigenvalue weighted by Gasteiger charge is 2.29. The van der Waals surface area contributed by atoms with Crippen LogP contribution in [0.25, 0.3) is 22.0 Å². The summed E-state index contributed by atoms with van der Waals surface area (Å²) in [5.74, 6) is -1.68. The fourth-order valence-electron chi connectivity index (χ4n) is 4.68. The Hall–Kier alpha value is -3.54. The van der Waals surface area contributed by atoms with Gasteiger partial charge in [0.25, 0.3) is 0 Å².